The number of nitrogens with one attached hydrogen (secondary N) is 2. The summed E-state index contributed by atoms with van der Waals surface area (Å²) >= 11 is 1.41. The van der Waals surface area contributed by atoms with Crippen LogP contribution in [0.15, 0.2) is 58.7 Å². The number of thiazole rings is 1. The lowest BCUT2D eigenvalue weighted by Crippen LogP contribution is -2.14. The Kier molecular flexibility index (Phi) is 5.48. The second-order valence-electron chi connectivity index (χ2n) is 6.78. The van der Waals surface area contributed by atoms with E-state index in [0.717, 1.165) is 16.8 Å². The molecule has 2 aromatic carbocycles. The molecule has 146 valence electrons. The van der Waals surface area contributed by atoms with Crippen molar-refractivity contribution in [3.63, 3.8) is 0 Å². The predicted molar refractivity (Wildman–Crippen MR) is 116 cm³/mol. The van der Waals surface area contributed by atoms with E-state index in [1.165, 1.54) is 11.3 Å². The minimum absolute atomic E-state index is 0.0983. The Morgan fingerprint density at radius 1 is 1.10 bits per heavy atom. The van der Waals surface area contributed by atoms with Gasteiger partial charge in [-0.25, -0.2) is 9.97 Å². The van der Waals surface area contributed by atoms with Gasteiger partial charge >= 0.3 is 0 Å². The zero-order chi connectivity index (χ0) is 20.2. The molecule has 0 radical (unpaired) electrons. The van der Waals surface area contributed by atoms with Gasteiger partial charge in [0.05, 0.1) is 16.6 Å². The number of aromatic amines is 1. The van der Waals surface area contributed by atoms with E-state index in [9.17, 15) is 9.59 Å². The van der Waals surface area contributed by atoms with Crippen molar-refractivity contribution < 1.29 is 4.79 Å². The van der Waals surface area contributed by atoms with Crippen LogP contribution >= 0.6 is 11.3 Å². The lowest BCUT2D eigenvalue weighted by atomic mass is 10.1. The van der Waals surface area contributed by atoms with E-state index < -0.39 is 0 Å². The van der Waals surface area contributed by atoms with Crippen molar-refractivity contribution in [1.82, 2.24) is 15.0 Å². The predicted octanol–water partition coefficient (Wildman–Crippen LogP) is 4.32. The number of benzene rings is 2. The normalized spacial score (nSPS) is 10.9. The van der Waals surface area contributed by atoms with Gasteiger partial charge in [-0.1, -0.05) is 36.4 Å². The fourth-order valence-electron chi connectivity index (χ4n) is 3.17. The van der Waals surface area contributed by atoms with E-state index in [1.807, 2.05) is 54.8 Å². The van der Waals surface area contributed by atoms with Gasteiger partial charge in [-0.05, 0) is 31.0 Å². The van der Waals surface area contributed by atoms with Crippen LogP contribution in [0.3, 0.4) is 0 Å². The number of H-pyrrole nitrogens is 1. The van der Waals surface area contributed by atoms with Crippen molar-refractivity contribution in [2.24, 2.45) is 0 Å². The molecule has 0 saturated carbocycles. The number of carbonyl (C=O) groups is 1. The lowest BCUT2D eigenvalue weighted by molar-refractivity contribution is -0.116. The number of amides is 1. The molecule has 2 aromatic heterocycles. The molecular formula is C22H20N4O2S. The number of para-hydroxylation sites is 1. The first-order chi connectivity index (χ1) is 14.1. The molecule has 0 saturated heterocycles. The number of aryl methyl sites for hydroxylation is 2. The highest BCUT2D eigenvalue weighted by Crippen LogP contribution is 2.27. The number of rotatable bonds is 6. The van der Waals surface area contributed by atoms with Crippen LogP contribution in [-0.2, 0) is 11.2 Å². The van der Waals surface area contributed by atoms with E-state index in [-0.39, 0.29) is 11.5 Å². The summed E-state index contributed by atoms with van der Waals surface area (Å²) in [6.45, 7) is 2.04. The molecule has 0 atom stereocenters. The summed E-state index contributed by atoms with van der Waals surface area (Å²) < 4.78 is 0. The number of carbonyl (C=O) groups excluding carboxylic acids is 1. The van der Waals surface area contributed by atoms with Gasteiger partial charge in [0.25, 0.3) is 5.56 Å². The molecule has 4 rings (SSSR count). The number of hydrogen-bond acceptors (Lipinski definition) is 5. The smallest absolute Gasteiger partial charge is 0.258 e. The van der Waals surface area contributed by atoms with Crippen LogP contribution < -0.4 is 10.9 Å². The molecular weight excluding hydrogens is 384 g/mol. The standard InChI is InChI=1S/C22H20N4O2S/c1-14-7-2-3-8-15(14)18-13-29-22(24-18)26-20(27)12-6-11-19-23-17-10-5-4-9-16(17)21(28)25-19/h2-5,7-10,13H,6,11-12H2,1H3,(H,23,25,28)(H,24,26,27). The molecule has 0 fully saturated rings. The van der Waals surface area contributed by atoms with Crippen LogP contribution in [0.25, 0.3) is 22.2 Å². The Morgan fingerprint density at radius 3 is 2.76 bits per heavy atom. The molecule has 0 aliphatic rings. The van der Waals surface area contributed by atoms with E-state index >= 15 is 0 Å². The third-order valence-electron chi connectivity index (χ3n) is 4.65. The van der Waals surface area contributed by atoms with Gasteiger partial charge < -0.3 is 10.3 Å². The monoisotopic (exact) mass is 404 g/mol. The molecule has 0 unspecified atom stereocenters. The van der Waals surface area contributed by atoms with E-state index in [2.05, 4.69) is 20.3 Å². The average molecular weight is 404 g/mol. The third-order valence-corrected chi connectivity index (χ3v) is 5.41. The van der Waals surface area contributed by atoms with Crippen molar-refractivity contribution in [2.45, 2.75) is 26.2 Å². The van der Waals surface area contributed by atoms with Crippen LogP contribution in [0.2, 0.25) is 0 Å². The minimum atomic E-state index is -0.151. The highest BCUT2D eigenvalue weighted by atomic mass is 32.1. The highest BCUT2D eigenvalue weighted by Gasteiger charge is 2.10. The highest BCUT2D eigenvalue weighted by molar-refractivity contribution is 7.14. The van der Waals surface area contributed by atoms with Crippen LogP contribution in [0.5, 0.6) is 0 Å². The van der Waals surface area contributed by atoms with E-state index in [1.54, 1.807) is 6.07 Å². The molecule has 0 aliphatic carbocycles. The van der Waals surface area contributed by atoms with Gasteiger partial charge in [-0.2, -0.15) is 0 Å². The Balaban J connectivity index is 1.34. The number of fused-ring (bicyclic) bond motifs is 1. The van der Waals surface area contributed by atoms with Crippen LogP contribution in [0.4, 0.5) is 5.13 Å². The zero-order valence-electron chi connectivity index (χ0n) is 15.9. The van der Waals surface area contributed by atoms with Gasteiger partial charge in [-0.15, -0.1) is 11.3 Å². The summed E-state index contributed by atoms with van der Waals surface area (Å²) in [6, 6.07) is 15.3. The number of nitrogens with zero attached hydrogens (tertiary/aromatic N) is 2. The molecule has 0 aliphatic heterocycles. The lowest BCUT2D eigenvalue weighted by Gasteiger charge is -2.04. The largest absolute Gasteiger partial charge is 0.310 e. The van der Waals surface area contributed by atoms with Crippen molar-refractivity contribution in [3.05, 3.63) is 75.7 Å². The summed E-state index contributed by atoms with van der Waals surface area (Å²) in [4.78, 5) is 36.1. The zero-order valence-corrected chi connectivity index (χ0v) is 16.8. The minimum Gasteiger partial charge on any atom is -0.310 e. The molecule has 29 heavy (non-hydrogen) atoms. The molecule has 0 bridgehead atoms. The summed E-state index contributed by atoms with van der Waals surface area (Å²) in [6.07, 6.45) is 1.44. The first kappa shape index (κ1) is 19.0. The molecule has 4 aromatic rings. The fourth-order valence-corrected chi connectivity index (χ4v) is 3.89. The maximum Gasteiger partial charge on any atom is 0.258 e. The Hall–Kier alpha value is -3.32. The SMILES string of the molecule is Cc1ccccc1-c1csc(NC(=O)CCCc2nc3ccccc3c(=O)[nH]2)n1. The van der Waals surface area contributed by atoms with E-state index in [0.29, 0.717) is 41.1 Å². The first-order valence-corrected chi connectivity index (χ1v) is 10.3. The number of hydrogen-bond donors (Lipinski definition) is 2. The fraction of sp³-hybridized carbons (Fsp3) is 0.182. The molecule has 7 heteroatoms. The van der Waals surface area contributed by atoms with Crippen molar-refractivity contribution >= 4 is 33.3 Å². The molecule has 2 N–H and O–H groups in total. The van der Waals surface area contributed by atoms with E-state index in [4.69, 9.17) is 0 Å². The second-order valence-corrected chi connectivity index (χ2v) is 7.64. The topological polar surface area (TPSA) is 87.7 Å². The molecule has 2 heterocycles. The van der Waals surface area contributed by atoms with Crippen molar-refractivity contribution in [1.29, 1.82) is 0 Å². The maximum absolute atomic E-state index is 12.3. The summed E-state index contributed by atoms with van der Waals surface area (Å²) in [5, 5.41) is 5.96. The van der Waals surface area contributed by atoms with Crippen LogP contribution in [0, 0.1) is 6.92 Å². The summed E-state index contributed by atoms with van der Waals surface area (Å²) in [5.74, 6) is 0.497. The Bertz CT molecular complexity index is 1230. The second kappa shape index (κ2) is 8.36. The summed E-state index contributed by atoms with van der Waals surface area (Å²) in [7, 11) is 0. The average Bonchev–Trinajstić information content (AvgIpc) is 3.16. The maximum atomic E-state index is 12.3. The van der Waals surface area contributed by atoms with Gasteiger partial charge in [0, 0.05) is 23.8 Å². The van der Waals surface area contributed by atoms with Crippen LogP contribution in [-0.4, -0.2) is 20.9 Å². The molecule has 1 amide bonds. The Labute approximate surface area is 171 Å². The Morgan fingerprint density at radius 2 is 1.90 bits per heavy atom. The first-order valence-electron chi connectivity index (χ1n) is 9.39. The molecule has 0 spiro atoms. The molecule has 6 nitrogen and oxygen atoms in total. The van der Waals surface area contributed by atoms with Crippen molar-refractivity contribution in [2.75, 3.05) is 5.32 Å². The number of anilines is 1. The van der Waals surface area contributed by atoms with Gasteiger partial charge in [0.1, 0.15) is 5.82 Å². The van der Waals surface area contributed by atoms with Gasteiger partial charge in [-0.3, -0.25) is 9.59 Å². The summed E-state index contributed by atoms with van der Waals surface area (Å²) in [5.41, 5.74) is 3.59. The quantitative estimate of drug-likeness (QED) is 0.501. The van der Waals surface area contributed by atoms with Crippen molar-refractivity contribution in [3.8, 4) is 11.3 Å². The third kappa shape index (κ3) is 4.41. The number of aromatic nitrogens is 3. The van der Waals surface area contributed by atoms with Gasteiger partial charge in [0.2, 0.25) is 5.91 Å². The van der Waals surface area contributed by atoms with Crippen LogP contribution in [0.1, 0.15) is 24.2 Å². The van der Waals surface area contributed by atoms with Gasteiger partial charge in [0.15, 0.2) is 5.13 Å².